The number of hydrogen-bond donors (Lipinski definition) is 2. The summed E-state index contributed by atoms with van der Waals surface area (Å²) in [4.78, 5) is 6.12. The van der Waals surface area contributed by atoms with E-state index in [1.807, 2.05) is 18.9 Å². The SMILES string of the molecule is C=C(Cn1cnc(C)n1)N(C)/C(C=N)=C(\CCC)N/C(=C/C=CC(C)C)CC. The molecule has 6 nitrogen and oxygen atoms in total. The monoisotopic (exact) mass is 384 g/mol. The quantitative estimate of drug-likeness (QED) is 0.401. The number of nitrogens with zero attached hydrogens (tertiary/aromatic N) is 4. The molecule has 0 bridgehead atoms. The first kappa shape index (κ1) is 23.4. The molecule has 0 fully saturated rings. The number of aryl methyl sites for hydroxylation is 1. The van der Waals surface area contributed by atoms with Crippen molar-refractivity contribution in [2.45, 2.75) is 60.4 Å². The van der Waals surface area contributed by atoms with Gasteiger partial charge in [-0.05, 0) is 31.8 Å². The van der Waals surface area contributed by atoms with Crippen LogP contribution in [0.4, 0.5) is 0 Å². The summed E-state index contributed by atoms with van der Waals surface area (Å²) in [6.07, 6.45) is 12.2. The first-order valence-electron chi connectivity index (χ1n) is 9.97. The second-order valence-corrected chi connectivity index (χ2v) is 7.17. The fourth-order valence-corrected chi connectivity index (χ4v) is 2.65. The summed E-state index contributed by atoms with van der Waals surface area (Å²) >= 11 is 0. The zero-order chi connectivity index (χ0) is 21.1. The molecule has 0 amide bonds. The van der Waals surface area contributed by atoms with E-state index in [9.17, 15) is 0 Å². The normalized spacial score (nSPS) is 13.0. The number of allylic oxidation sites excluding steroid dienone is 7. The molecule has 28 heavy (non-hydrogen) atoms. The average Bonchev–Trinajstić information content (AvgIpc) is 3.05. The van der Waals surface area contributed by atoms with Crippen LogP contribution < -0.4 is 5.32 Å². The Morgan fingerprint density at radius 1 is 1.39 bits per heavy atom. The van der Waals surface area contributed by atoms with Gasteiger partial charge < -0.3 is 15.6 Å². The first-order valence-corrected chi connectivity index (χ1v) is 9.97. The van der Waals surface area contributed by atoms with Crippen molar-refractivity contribution >= 4 is 6.21 Å². The highest BCUT2D eigenvalue weighted by atomic mass is 15.3. The van der Waals surface area contributed by atoms with E-state index in [-0.39, 0.29) is 0 Å². The summed E-state index contributed by atoms with van der Waals surface area (Å²) in [6, 6.07) is 0. The number of nitrogens with one attached hydrogen (secondary N) is 2. The molecule has 0 saturated heterocycles. The first-order chi connectivity index (χ1) is 13.3. The largest absolute Gasteiger partial charge is 0.361 e. The van der Waals surface area contributed by atoms with Gasteiger partial charge in [-0.3, -0.25) is 0 Å². The van der Waals surface area contributed by atoms with Gasteiger partial charge in [0.1, 0.15) is 12.2 Å². The molecule has 0 aromatic carbocycles. The zero-order valence-electron chi connectivity index (χ0n) is 18.3. The predicted octanol–water partition coefficient (Wildman–Crippen LogP) is 4.79. The molecule has 0 aliphatic rings. The van der Waals surface area contributed by atoms with Crippen LogP contribution >= 0.6 is 0 Å². The highest BCUT2D eigenvalue weighted by molar-refractivity contribution is 5.76. The number of rotatable bonds is 12. The van der Waals surface area contributed by atoms with E-state index in [2.05, 4.69) is 67.9 Å². The molecule has 0 atom stereocenters. The van der Waals surface area contributed by atoms with Crippen LogP contribution in [0.5, 0.6) is 0 Å². The van der Waals surface area contributed by atoms with E-state index >= 15 is 0 Å². The molecule has 0 unspecified atom stereocenters. The van der Waals surface area contributed by atoms with Crippen molar-refractivity contribution in [2.24, 2.45) is 5.92 Å². The molecule has 0 radical (unpaired) electrons. The van der Waals surface area contributed by atoms with E-state index in [0.29, 0.717) is 12.5 Å². The number of likely N-dealkylation sites (N-methyl/N-ethyl adjacent to an activating group) is 1. The van der Waals surface area contributed by atoms with Crippen molar-refractivity contribution in [1.29, 1.82) is 5.41 Å². The van der Waals surface area contributed by atoms with Gasteiger partial charge in [0, 0.05) is 30.4 Å². The Balaban J connectivity index is 3.07. The van der Waals surface area contributed by atoms with Crippen LogP contribution in [0.1, 0.15) is 52.8 Å². The summed E-state index contributed by atoms with van der Waals surface area (Å²) in [5.74, 6) is 1.26. The van der Waals surface area contributed by atoms with Gasteiger partial charge in [-0.2, -0.15) is 5.10 Å². The van der Waals surface area contributed by atoms with Gasteiger partial charge in [-0.25, -0.2) is 9.67 Å². The molecule has 0 aliphatic carbocycles. The van der Waals surface area contributed by atoms with Crippen LogP contribution in [0.15, 0.2) is 53.9 Å². The highest BCUT2D eigenvalue weighted by Gasteiger charge is 2.13. The second kappa shape index (κ2) is 12.0. The van der Waals surface area contributed by atoms with Crippen molar-refractivity contribution in [3.05, 3.63) is 59.7 Å². The lowest BCUT2D eigenvalue weighted by molar-refractivity contribution is 0.475. The Bertz CT molecular complexity index is 736. The smallest absolute Gasteiger partial charge is 0.147 e. The topological polar surface area (TPSA) is 69.8 Å². The molecular weight excluding hydrogens is 348 g/mol. The van der Waals surface area contributed by atoms with Crippen molar-refractivity contribution in [3.63, 3.8) is 0 Å². The van der Waals surface area contributed by atoms with Gasteiger partial charge in [-0.1, -0.05) is 52.8 Å². The van der Waals surface area contributed by atoms with Crippen molar-refractivity contribution in [1.82, 2.24) is 25.0 Å². The maximum atomic E-state index is 8.00. The summed E-state index contributed by atoms with van der Waals surface area (Å²) in [7, 11) is 1.94. The predicted molar refractivity (Wildman–Crippen MR) is 118 cm³/mol. The minimum atomic E-state index is 0.520. The van der Waals surface area contributed by atoms with E-state index in [4.69, 9.17) is 5.41 Å². The molecule has 2 N–H and O–H groups in total. The lowest BCUT2D eigenvalue weighted by Crippen LogP contribution is -2.26. The van der Waals surface area contributed by atoms with Gasteiger partial charge in [0.25, 0.3) is 0 Å². The van der Waals surface area contributed by atoms with E-state index in [1.54, 1.807) is 11.0 Å². The van der Waals surface area contributed by atoms with Crippen LogP contribution in [-0.4, -0.2) is 32.9 Å². The van der Waals surface area contributed by atoms with E-state index < -0.39 is 0 Å². The summed E-state index contributed by atoms with van der Waals surface area (Å²) in [6.45, 7) is 15.2. The molecule has 0 saturated carbocycles. The number of aromatic nitrogens is 3. The van der Waals surface area contributed by atoms with Crippen LogP contribution in [-0.2, 0) is 6.54 Å². The zero-order valence-corrected chi connectivity index (χ0v) is 18.3. The molecule has 0 spiro atoms. The maximum absolute atomic E-state index is 8.00. The third-order valence-corrected chi connectivity index (χ3v) is 4.26. The highest BCUT2D eigenvalue weighted by Crippen LogP contribution is 2.17. The fraction of sp³-hybridized carbons (Fsp3) is 0.500. The van der Waals surface area contributed by atoms with E-state index in [0.717, 1.165) is 47.9 Å². The number of hydrogen-bond acceptors (Lipinski definition) is 5. The molecule has 1 aromatic rings. The van der Waals surface area contributed by atoms with Crippen molar-refractivity contribution in [2.75, 3.05) is 7.05 Å². The molecule has 1 aromatic heterocycles. The Kier molecular flexibility index (Phi) is 9.99. The van der Waals surface area contributed by atoms with Crippen LogP contribution in [0, 0.1) is 18.3 Å². The standard InChI is InChI=1S/C22H36N6/c1-8-11-21(25-20(9-2)13-10-12-17(3)4)22(14-23)27(7)18(5)15-28-16-24-19(6)26-28/h10,12-14,16-17,23,25H,5,8-9,11,15H2,1-4,6-7H3/b12-10?,20-13+,22-21+,23-14?. The summed E-state index contributed by atoms with van der Waals surface area (Å²) < 4.78 is 1.76. The fourth-order valence-electron chi connectivity index (χ4n) is 2.65. The van der Waals surface area contributed by atoms with Gasteiger partial charge in [-0.15, -0.1) is 0 Å². The lowest BCUT2D eigenvalue weighted by Gasteiger charge is -2.26. The summed E-state index contributed by atoms with van der Waals surface area (Å²) in [5.41, 5.74) is 3.82. The second-order valence-electron chi connectivity index (χ2n) is 7.17. The molecule has 0 aliphatic heterocycles. The Labute approximate surface area is 170 Å². The summed E-state index contributed by atoms with van der Waals surface area (Å²) in [5, 5.41) is 15.9. The van der Waals surface area contributed by atoms with Gasteiger partial charge in [0.05, 0.1) is 12.2 Å². The Morgan fingerprint density at radius 2 is 2.11 bits per heavy atom. The minimum absolute atomic E-state index is 0.520. The molecular formula is C22H36N6. The van der Waals surface area contributed by atoms with Crippen LogP contribution in [0.2, 0.25) is 0 Å². The van der Waals surface area contributed by atoms with Crippen molar-refractivity contribution in [3.8, 4) is 0 Å². The lowest BCUT2D eigenvalue weighted by atomic mass is 10.1. The van der Waals surface area contributed by atoms with Crippen LogP contribution in [0.25, 0.3) is 0 Å². The van der Waals surface area contributed by atoms with Gasteiger partial charge in [0.15, 0.2) is 0 Å². The van der Waals surface area contributed by atoms with Gasteiger partial charge in [0.2, 0.25) is 0 Å². The third kappa shape index (κ3) is 7.55. The Morgan fingerprint density at radius 3 is 2.61 bits per heavy atom. The van der Waals surface area contributed by atoms with Gasteiger partial charge >= 0.3 is 0 Å². The minimum Gasteiger partial charge on any atom is -0.361 e. The van der Waals surface area contributed by atoms with E-state index in [1.165, 1.54) is 6.21 Å². The molecule has 1 rings (SSSR count). The molecule has 6 heteroatoms. The molecule has 154 valence electrons. The Hall–Kier alpha value is -2.63. The molecule has 1 heterocycles. The maximum Gasteiger partial charge on any atom is 0.147 e. The van der Waals surface area contributed by atoms with Crippen molar-refractivity contribution < 1.29 is 0 Å². The average molecular weight is 385 g/mol. The third-order valence-electron chi connectivity index (χ3n) is 4.26. The van der Waals surface area contributed by atoms with Crippen LogP contribution in [0.3, 0.4) is 0 Å².